The molecule has 20 heteroatoms. The van der Waals surface area contributed by atoms with Gasteiger partial charge in [-0.3, -0.25) is 14.1 Å². The van der Waals surface area contributed by atoms with Gasteiger partial charge in [0.1, 0.15) is 0 Å². The Kier molecular flexibility index (Phi) is 11.8. The highest BCUT2D eigenvalue weighted by Crippen LogP contribution is 2.43. The number of nitrogens with one attached hydrogen (secondary N) is 2. The molecule has 2 unspecified atom stereocenters. The molecule has 4 aliphatic rings. The SMILES string of the molecule is COc1cc2c(cc1OCCCOc1cc3c(cc1OC)C(=O)N1C=C(c4ccc5ccccc5n4)C[C@H]1C(S(=O)(=O)O)N3)NC(OOOS)[C@@H]1CC(c3ccc4ccccc4n3)=CN1C2=O. The number of anilines is 2. The van der Waals surface area contributed by atoms with E-state index in [1.807, 2.05) is 72.8 Å². The predicted molar refractivity (Wildman–Crippen MR) is 249 cm³/mol. The monoisotopic (exact) mass is 946 g/mol. The van der Waals surface area contributed by atoms with Gasteiger partial charge in [-0.25, -0.2) is 9.97 Å². The summed E-state index contributed by atoms with van der Waals surface area (Å²) in [6.45, 7) is 0.230. The second kappa shape index (κ2) is 18.0. The van der Waals surface area contributed by atoms with Crippen LogP contribution in [-0.4, -0.2) is 95.7 Å². The van der Waals surface area contributed by atoms with Gasteiger partial charge in [0.05, 0.1) is 84.4 Å². The van der Waals surface area contributed by atoms with Crippen LogP contribution in [0.15, 0.2) is 109 Å². The number of ether oxygens (including phenoxy) is 4. The van der Waals surface area contributed by atoms with Crippen LogP contribution in [0.25, 0.3) is 33.0 Å². The Morgan fingerprint density at radius 1 is 0.687 bits per heavy atom. The molecule has 6 aromatic rings. The van der Waals surface area contributed by atoms with E-state index < -0.39 is 39.7 Å². The average Bonchev–Trinajstić information content (AvgIpc) is 3.95. The number of aromatic nitrogens is 2. The first-order valence-corrected chi connectivity index (χ1v) is 23.0. The number of carbonyl (C=O) groups excluding carboxylic acids is 2. The topological polar surface area (TPSA) is 209 Å². The first-order chi connectivity index (χ1) is 32.5. The number of rotatable bonds is 14. The van der Waals surface area contributed by atoms with Gasteiger partial charge in [0.2, 0.25) is 0 Å². The van der Waals surface area contributed by atoms with Gasteiger partial charge < -0.3 is 39.4 Å². The smallest absolute Gasteiger partial charge is 0.288 e. The van der Waals surface area contributed by atoms with Crippen molar-refractivity contribution in [3.05, 3.63) is 132 Å². The lowest BCUT2D eigenvalue weighted by Gasteiger charge is -2.26. The summed E-state index contributed by atoms with van der Waals surface area (Å²) in [5.74, 6) is 0.229. The molecule has 0 fully saturated rings. The Hall–Kier alpha value is -6.94. The van der Waals surface area contributed by atoms with E-state index in [1.165, 1.54) is 31.3 Å². The predicted octanol–water partition coefficient (Wildman–Crippen LogP) is 7.27. The van der Waals surface area contributed by atoms with Crippen molar-refractivity contribution in [3.63, 3.8) is 0 Å². The number of benzene rings is 4. The lowest BCUT2D eigenvalue weighted by molar-refractivity contribution is -0.475. The molecule has 67 heavy (non-hydrogen) atoms. The van der Waals surface area contributed by atoms with Crippen molar-refractivity contribution in [2.24, 2.45) is 0 Å². The normalized spacial score (nSPS) is 19.8. The zero-order valence-corrected chi connectivity index (χ0v) is 37.5. The van der Waals surface area contributed by atoms with Crippen molar-refractivity contribution >= 4 is 79.2 Å². The molecule has 344 valence electrons. The molecule has 0 aliphatic carbocycles. The third-order valence-corrected chi connectivity index (χ3v) is 13.3. The van der Waals surface area contributed by atoms with Gasteiger partial charge >= 0.3 is 0 Å². The first-order valence-electron chi connectivity index (χ1n) is 21.1. The molecule has 10 rings (SSSR count). The van der Waals surface area contributed by atoms with Gasteiger partial charge in [0.25, 0.3) is 21.9 Å². The van der Waals surface area contributed by atoms with Crippen molar-refractivity contribution in [3.8, 4) is 23.0 Å². The van der Waals surface area contributed by atoms with Gasteiger partial charge in [-0.05, 0) is 54.0 Å². The van der Waals surface area contributed by atoms with Crippen LogP contribution in [0.1, 0.15) is 51.4 Å². The van der Waals surface area contributed by atoms with Crippen LogP contribution in [-0.2, 0) is 24.4 Å². The lowest BCUT2D eigenvalue weighted by Crippen LogP contribution is -2.46. The van der Waals surface area contributed by atoms with Crippen molar-refractivity contribution < 1.29 is 55.8 Å². The number of hydrogen-bond acceptors (Lipinski definition) is 16. The van der Waals surface area contributed by atoms with E-state index in [0.717, 1.165) is 33.1 Å². The minimum Gasteiger partial charge on any atom is -0.493 e. The van der Waals surface area contributed by atoms with E-state index in [2.05, 4.69) is 27.9 Å². The summed E-state index contributed by atoms with van der Waals surface area (Å²) in [6.07, 6.45) is 3.25. The molecular formula is C47H42N6O12S2. The summed E-state index contributed by atoms with van der Waals surface area (Å²) in [5, 5.41) is 11.3. The van der Waals surface area contributed by atoms with Crippen LogP contribution < -0.4 is 29.6 Å². The van der Waals surface area contributed by atoms with E-state index in [-0.39, 0.29) is 53.9 Å². The minimum absolute atomic E-state index is 0.1000. The summed E-state index contributed by atoms with van der Waals surface area (Å²) < 4.78 is 64.4. The molecule has 0 radical (unpaired) electrons. The van der Waals surface area contributed by atoms with Crippen LogP contribution in [0.4, 0.5) is 11.4 Å². The zero-order valence-electron chi connectivity index (χ0n) is 35.8. The molecular weight excluding hydrogens is 905 g/mol. The van der Waals surface area contributed by atoms with Crippen molar-refractivity contribution in [1.82, 2.24) is 19.8 Å². The van der Waals surface area contributed by atoms with Crippen LogP contribution in [0, 0.1) is 0 Å². The number of methoxy groups -OCH3 is 2. The molecule has 4 aromatic carbocycles. The number of fused-ring (bicyclic) bond motifs is 6. The second-order valence-corrected chi connectivity index (χ2v) is 17.8. The maximum atomic E-state index is 14.2. The molecule has 4 aliphatic heterocycles. The molecule has 18 nitrogen and oxygen atoms in total. The van der Waals surface area contributed by atoms with E-state index in [1.54, 1.807) is 29.4 Å². The van der Waals surface area contributed by atoms with Gasteiger partial charge in [0, 0.05) is 61.1 Å². The molecule has 0 saturated heterocycles. The van der Waals surface area contributed by atoms with E-state index in [9.17, 15) is 22.6 Å². The van der Waals surface area contributed by atoms with E-state index >= 15 is 0 Å². The van der Waals surface area contributed by atoms with Crippen molar-refractivity contribution in [1.29, 1.82) is 0 Å². The minimum atomic E-state index is -4.75. The maximum Gasteiger partial charge on any atom is 0.288 e. The van der Waals surface area contributed by atoms with Crippen molar-refractivity contribution in [2.45, 2.75) is 42.9 Å². The molecule has 6 heterocycles. The first kappa shape index (κ1) is 43.9. The molecule has 3 N–H and O–H groups in total. The molecule has 0 bridgehead atoms. The third kappa shape index (κ3) is 8.43. The van der Waals surface area contributed by atoms with Gasteiger partial charge in [0.15, 0.2) is 34.6 Å². The summed E-state index contributed by atoms with van der Waals surface area (Å²) in [4.78, 5) is 46.4. The summed E-state index contributed by atoms with van der Waals surface area (Å²) in [5.41, 5.74) is 5.26. The van der Waals surface area contributed by atoms with E-state index in [4.69, 9.17) is 38.8 Å². The lowest BCUT2D eigenvalue weighted by atomic mass is 10.0. The summed E-state index contributed by atoms with van der Waals surface area (Å²) >= 11 is 3.65. The fourth-order valence-electron chi connectivity index (χ4n) is 8.91. The maximum absolute atomic E-state index is 14.2. The third-order valence-electron chi connectivity index (χ3n) is 12.1. The number of hydrogen-bond donors (Lipinski definition) is 4. The number of nitrogens with zero attached hydrogens (tertiary/aromatic N) is 4. The Bertz CT molecular complexity index is 3130. The molecule has 4 atom stereocenters. The Balaban J connectivity index is 0.843. The Labute approximate surface area is 389 Å². The average molecular weight is 947 g/mol. The molecule has 2 amide bonds. The highest BCUT2D eigenvalue weighted by molar-refractivity contribution is 7.86. The number of amides is 2. The number of thiol groups is 1. The van der Waals surface area contributed by atoms with Gasteiger partial charge in [-0.15, -0.1) is 4.33 Å². The van der Waals surface area contributed by atoms with Gasteiger partial charge in [-0.1, -0.05) is 53.6 Å². The quantitative estimate of drug-likeness (QED) is 0.0211. The van der Waals surface area contributed by atoms with Crippen LogP contribution >= 0.6 is 12.9 Å². The van der Waals surface area contributed by atoms with Crippen LogP contribution in [0.5, 0.6) is 23.0 Å². The van der Waals surface area contributed by atoms with Gasteiger partial charge in [-0.2, -0.15) is 13.3 Å². The van der Waals surface area contributed by atoms with Crippen LogP contribution in [0.3, 0.4) is 0 Å². The number of pyridine rings is 2. The largest absolute Gasteiger partial charge is 0.493 e. The van der Waals surface area contributed by atoms with Crippen molar-refractivity contribution in [2.75, 3.05) is 38.1 Å². The van der Waals surface area contributed by atoms with Crippen LogP contribution in [0.2, 0.25) is 0 Å². The number of carbonyl (C=O) groups is 2. The Morgan fingerprint density at radius 2 is 1.19 bits per heavy atom. The summed E-state index contributed by atoms with van der Waals surface area (Å²) in [7, 11) is -1.85. The number of para-hydroxylation sites is 2. The molecule has 2 aromatic heterocycles. The zero-order chi connectivity index (χ0) is 46.4. The fraction of sp³-hybridized carbons (Fsp3) is 0.234. The highest BCUT2D eigenvalue weighted by atomic mass is 32.2. The highest BCUT2D eigenvalue weighted by Gasteiger charge is 2.46. The Morgan fingerprint density at radius 3 is 1.72 bits per heavy atom. The second-order valence-electron chi connectivity index (χ2n) is 16.1. The fourth-order valence-corrected chi connectivity index (χ4v) is 9.85. The molecule has 0 spiro atoms. The van der Waals surface area contributed by atoms with E-state index in [0.29, 0.717) is 41.3 Å². The standard InChI is InChI=1S/C47H42N6O12S2/c1-59-40-20-30-36(50-44(63-64-65-66)38-18-28(24-52(38)46(30)54)34-14-12-26-8-3-5-10-32(26)48-34)22-42(40)61-16-7-17-62-43-23-37-31(21-41(43)60-2)47(55)53-25-29(19-39(53)45(51-37)67(56,57)58)35-15-13-27-9-4-6-11-33(27)49-35/h3-6,8-15,20-25,38-39,44-45,50-51,66H,7,16-19H2,1-2H3,(H,56,57,58)/t38-,39-,44?,45?/m0/s1. The summed E-state index contributed by atoms with van der Waals surface area (Å²) in [6, 6.07) is 27.6. The molecule has 0 saturated carbocycles.